The number of ether oxygens (including phenoxy) is 1. The summed E-state index contributed by atoms with van der Waals surface area (Å²) in [5, 5.41) is 16.1. The molecule has 2 amide bonds. The van der Waals surface area contributed by atoms with Crippen LogP contribution in [0.25, 0.3) is 11.0 Å². The molecule has 0 saturated carbocycles. The highest BCUT2D eigenvalue weighted by molar-refractivity contribution is 6.01. The van der Waals surface area contributed by atoms with Gasteiger partial charge in [-0.15, -0.1) is 0 Å². The van der Waals surface area contributed by atoms with Crippen LogP contribution in [0.2, 0.25) is 0 Å². The minimum absolute atomic E-state index is 0.00967. The summed E-state index contributed by atoms with van der Waals surface area (Å²) in [6.07, 6.45) is 1.89. The first-order valence-electron chi connectivity index (χ1n) is 11.4. The maximum atomic E-state index is 13.4. The summed E-state index contributed by atoms with van der Waals surface area (Å²) in [6, 6.07) is 7.59. The van der Waals surface area contributed by atoms with Crippen molar-refractivity contribution in [3.05, 3.63) is 69.4 Å². The summed E-state index contributed by atoms with van der Waals surface area (Å²) in [5.74, 6) is -2.15. The molecule has 11 heteroatoms. The first-order valence-corrected chi connectivity index (χ1v) is 11.4. The van der Waals surface area contributed by atoms with Crippen molar-refractivity contribution in [2.45, 2.75) is 13.0 Å². The van der Waals surface area contributed by atoms with Crippen LogP contribution in [0.1, 0.15) is 21.5 Å². The highest BCUT2D eigenvalue weighted by Crippen LogP contribution is 2.26. The monoisotopic (exact) mass is 499 g/mol. The molecule has 3 aromatic rings. The first kappa shape index (κ1) is 26.8. The Kier molecular flexibility index (Phi) is 9.09. The number of nitrogens with zero attached hydrogens (tertiary/aromatic N) is 3. The number of pyridine rings is 2. The van der Waals surface area contributed by atoms with Gasteiger partial charge in [0.15, 0.2) is 5.75 Å². The lowest BCUT2D eigenvalue weighted by atomic mass is 10.1. The molecule has 10 nitrogen and oxygen atoms in total. The van der Waals surface area contributed by atoms with Gasteiger partial charge in [-0.2, -0.15) is 0 Å². The van der Waals surface area contributed by atoms with Gasteiger partial charge in [-0.05, 0) is 49.8 Å². The number of fused-ring (bicyclic) bond motifs is 1. The highest BCUT2D eigenvalue weighted by Gasteiger charge is 2.24. The minimum Gasteiger partial charge on any atom is -0.505 e. The Labute approximate surface area is 207 Å². The molecule has 0 spiro atoms. The summed E-state index contributed by atoms with van der Waals surface area (Å²) >= 11 is 0. The third kappa shape index (κ3) is 6.64. The zero-order valence-electron chi connectivity index (χ0n) is 20.5. The number of aromatic hydroxyl groups is 1. The molecule has 0 aliphatic carbocycles. The minimum atomic E-state index is -0.821. The van der Waals surface area contributed by atoms with Gasteiger partial charge < -0.3 is 25.4 Å². The lowest BCUT2D eigenvalue weighted by Gasteiger charge is -2.16. The predicted octanol–water partition coefficient (Wildman–Crippen LogP) is 0.886. The summed E-state index contributed by atoms with van der Waals surface area (Å²) < 4.78 is 19.3. The number of carbonyl (C=O) groups excluding carboxylic acids is 2. The number of carbonyl (C=O) groups is 2. The lowest BCUT2D eigenvalue weighted by molar-refractivity contribution is -0.121. The molecule has 3 rings (SSSR count). The second-order valence-corrected chi connectivity index (χ2v) is 8.53. The number of methoxy groups -OCH3 is 1. The zero-order valence-corrected chi connectivity index (χ0v) is 20.5. The number of rotatable bonds is 11. The quantitative estimate of drug-likeness (QED) is 0.335. The van der Waals surface area contributed by atoms with E-state index in [2.05, 4.69) is 15.6 Å². The number of halogens is 1. The van der Waals surface area contributed by atoms with E-state index in [4.69, 9.17) is 4.74 Å². The number of nitrogens with one attached hydrogen (secondary N) is 2. The number of benzene rings is 1. The molecule has 0 fully saturated rings. The molecular weight excluding hydrogens is 469 g/mol. The van der Waals surface area contributed by atoms with Crippen molar-refractivity contribution in [3.8, 4) is 5.75 Å². The number of likely N-dealkylation sites (N-methyl/N-ethyl adjacent to an activating group) is 1. The number of amides is 2. The Bertz CT molecular complexity index is 1290. The van der Waals surface area contributed by atoms with Crippen LogP contribution in [0, 0.1) is 5.82 Å². The van der Waals surface area contributed by atoms with Crippen molar-refractivity contribution in [2.24, 2.45) is 0 Å². The van der Waals surface area contributed by atoms with Crippen molar-refractivity contribution in [3.63, 3.8) is 0 Å². The van der Waals surface area contributed by atoms with E-state index in [0.29, 0.717) is 25.1 Å². The van der Waals surface area contributed by atoms with Crippen LogP contribution in [-0.4, -0.2) is 78.8 Å². The van der Waals surface area contributed by atoms with Crippen molar-refractivity contribution < 1.29 is 23.8 Å². The molecule has 1 aromatic carbocycles. The van der Waals surface area contributed by atoms with Crippen LogP contribution in [-0.2, 0) is 22.5 Å². The Hall–Kier alpha value is -3.83. The number of aromatic nitrogens is 2. The van der Waals surface area contributed by atoms with Gasteiger partial charge in [0.2, 0.25) is 5.91 Å². The topological polar surface area (TPSA) is 126 Å². The third-order valence-electron chi connectivity index (χ3n) is 5.46. The van der Waals surface area contributed by atoms with Gasteiger partial charge in [-0.1, -0.05) is 12.1 Å². The average molecular weight is 500 g/mol. The third-order valence-corrected chi connectivity index (χ3v) is 5.46. The first-order chi connectivity index (χ1) is 17.2. The van der Waals surface area contributed by atoms with Crippen molar-refractivity contribution >= 4 is 22.8 Å². The number of hydrogen-bond acceptors (Lipinski definition) is 7. The maximum absolute atomic E-state index is 13.4. The van der Waals surface area contributed by atoms with E-state index in [-0.39, 0.29) is 36.5 Å². The Balaban J connectivity index is 2.04. The van der Waals surface area contributed by atoms with Crippen molar-refractivity contribution in [1.82, 2.24) is 25.1 Å². The van der Waals surface area contributed by atoms with Gasteiger partial charge in [0.05, 0.1) is 12.1 Å². The normalized spacial score (nSPS) is 11.1. The molecule has 0 aliphatic rings. The molecule has 0 saturated heterocycles. The fourth-order valence-corrected chi connectivity index (χ4v) is 3.62. The summed E-state index contributed by atoms with van der Waals surface area (Å²) in [6.45, 7) is 0.945. The van der Waals surface area contributed by atoms with E-state index < -0.39 is 28.7 Å². The van der Waals surface area contributed by atoms with Crippen LogP contribution in [0.4, 0.5) is 4.39 Å². The molecule has 0 radical (unpaired) electrons. The lowest BCUT2D eigenvalue weighted by Crippen LogP contribution is -2.39. The molecule has 192 valence electrons. The van der Waals surface area contributed by atoms with Gasteiger partial charge in [-0.3, -0.25) is 23.9 Å². The smallest absolute Gasteiger partial charge is 0.268 e. The Morgan fingerprint density at radius 2 is 1.86 bits per heavy atom. The summed E-state index contributed by atoms with van der Waals surface area (Å²) in [7, 11) is 5.20. The van der Waals surface area contributed by atoms with Gasteiger partial charge in [0, 0.05) is 32.9 Å². The van der Waals surface area contributed by atoms with E-state index in [1.54, 1.807) is 18.2 Å². The highest BCUT2D eigenvalue weighted by atomic mass is 19.1. The second-order valence-electron chi connectivity index (χ2n) is 8.53. The maximum Gasteiger partial charge on any atom is 0.268 e. The average Bonchev–Trinajstić information content (AvgIpc) is 2.83. The van der Waals surface area contributed by atoms with E-state index >= 15 is 0 Å². The zero-order chi connectivity index (χ0) is 26.2. The van der Waals surface area contributed by atoms with E-state index in [9.17, 15) is 23.9 Å². The fourth-order valence-electron chi connectivity index (χ4n) is 3.62. The van der Waals surface area contributed by atoms with Gasteiger partial charge in [-0.25, -0.2) is 4.39 Å². The van der Waals surface area contributed by atoms with Crippen LogP contribution >= 0.6 is 0 Å². The van der Waals surface area contributed by atoms with E-state index in [1.165, 1.54) is 25.4 Å². The van der Waals surface area contributed by atoms with Gasteiger partial charge >= 0.3 is 0 Å². The van der Waals surface area contributed by atoms with Crippen LogP contribution in [0.5, 0.6) is 5.75 Å². The van der Waals surface area contributed by atoms with Gasteiger partial charge in [0.1, 0.15) is 23.4 Å². The standard InChI is InChI=1S/C25H30FN5O5/c1-30(2)10-8-27-20(32)15-31-19-13-17(12-16-4-6-18(26)7-5-16)14-29-22(19)23(33)21(25(31)35)24(34)28-9-11-36-3/h4-7,13-14,33H,8-12,15H2,1-3H3,(H,27,32)(H,28,34). The molecule has 0 aliphatic heterocycles. The van der Waals surface area contributed by atoms with Gasteiger partial charge in [0.25, 0.3) is 11.5 Å². The Morgan fingerprint density at radius 3 is 2.53 bits per heavy atom. The Morgan fingerprint density at radius 1 is 1.14 bits per heavy atom. The van der Waals surface area contributed by atoms with E-state index in [0.717, 1.165) is 10.1 Å². The van der Waals surface area contributed by atoms with Crippen LogP contribution < -0.4 is 16.2 Å². The van der Waals surface area contributed by atoms with Crippen molar-refractivity contribution in [2.75, 3.05) is 47.4 Å². The summed E-state index contributed by atoms with van der Waals surface area (Å²) in [4.78, 5) is 44.9. The largest absolute Gasteiger partial charge is 0.505 e. The van der Waals surface area contributed by atoms with E-state index in [1.807, 2.05) is 19.0 Å². The fraction of sp³-hybridized carbons (Fsp3) is 0.360. The molecule has 0 atom stereocenters. The second kappa shape index (κ2) is 12.2. The van der Waals surface area contributed by atoms with Crippen LogP contribution in [0.3, 0.4) is 0 Å². The SMILES string of the molecule is COCCNC(=O)c1c(O)c2ncc(Cc3ccc(F)cc3)cc2n(CC(=O)NCCN(C)C)c1=O. The number of hydrogen-bond donors (Lipinski definition) is 3. The molecule has 2 aromatic heterocycles. The molecule has 3 N–H and O–H groups in total. The van der Waals surface area contributed by atoms with Crippen LogP contribution in [0.15, 0.2) is 41.3 Å². The molecule has 0 bridgehead atoms. The molecule has 2 heterocycles. The predicted molar refractivity (Wildman–Crippen MR) is 133 cm³/mol. The van der Waals surface area contributed by atoms with Crippen molar-refractivity contribution in [1.29, 1.82) is 0 Å². The molecule has 0 unspecified atom stereocenters. The molecule has 36 heavy (non-hydrogen) atoms. The molecular formula is C25H30FN5O5. The summed E-state index contributed by atoms with van der Waals surface area (Å²) in [5.41, 5.74) is 0.374.